The van der Waals surface area contributed by atoms with E-state index in [9.17, 15) is 4.79 Å². The number of thioether (sulfide) groups is 1. The Morgan fingerprint density at radius 3 is 2.27 bits per heavy atom. The maximum Gasteiger partial charge on any atom is 0.140 e. The van der Waals surface area contributed by atoms with Crippen LogP contribution in [0.1, 0.15) is 41.0 Å². The number of ether oxygens (including phenoxy) is 1. The average Bonchev–Trinajstić information content (AvgIpc) is 2.12. The van der Waals surface area contributed by atoms with E-state index >= 15 is 0 Å². The third-order valence-corrected chi connectivity index (χ3v) is 3.64. The number of hydrogen-bond acceptors (Lipinski definition) is 3. The molecule has 2 atom stereocenters. The Morgan fingerprint density at radius 2 is 1.93 bits per heavy atom. The molecule has 0 aliphatic heterocycles. The van der Waals surface area contributed by atoms with Crippen LogP contribution in [0.4, 0.5) is 0 Å². The van der Waals surface area contributed by atoms with Crippen LogP contribution in [0.5, 0.6) is 0 Å². The second-order valence-electron chi connectivity index (χ2n) is 4.81. The first kappa shape index (κ1) is 15.0. The lowest BCUT2D eigenvalue weighted by Crippen LogP contribution is -2.31. The molecule has 0 spiro atoms. The molecule has 0 aromatic carbocycles. The van der Waals surface area contributed by atoms with Gasteiger partial charge in [-0.05, 0) is 5.75 Å². The predicted molar refractivity (Wildman–Crippen MR) is 67.5 cm³/mol. The Labute approximate surface area is 98.2 Å². The van der Waals surface area contributed by atoms with Gasteiger partial charge in [0.25, 0.3) is 0 Å². The summed E-state index contributed by atoms with van der Waals surface area (Å²) in [5.41, 5.74) is -0.257. The normalized spacial score (nSPS) is 16.1. The number of carbonyl (C=O) groups is 1. The lowest BCUT2D eigenvalue weighted by Gasteiger charge is -2.25. The monoisotopic (exact) mass is 232 g/mol. The fourth-order valence-corrected chi connectivity index (χ4v) is 2.25. The zero-order valence-electron chi connectivity index (χ0n) is 10.8. The summed E-state index contributed by atoms with van der Waals surface area (Å²) < 4.78 is 5.39. The second-order valence-corrected chi connectivity index (χ2v) is 6.47. The fraction of sp³-hybridized carbons (Fsp3) is 0.917. The molecule has 90 valence electrons. The molecule has 0 amide bonds. The molecule has 0 aliphatic carbocycles. The Balaban J connectivity index is 4.27. The minimum Gasteiger partial charge on any atom is -0.380 e. The molecule has 0 rings (SSSR count). The lowest BCUT2D eigenvalue weighted by atomic mass is 9.87. The maximum atomic E-state index is 11.9. The van der Waals surface area contributed by atoms with Crippen molar-refractivity contribution >= 4 is 17.5 Å². The van der Waals surface area contributed by atoms with Gasteiger partial charge in [-0.2, -0.15) is 11.8 Å². The van der Waals surface area contributed by atoms with E-state index < -0.39 is 0 Å². The van der Waals surface area contributed by atoms with Gasteiger partial charge in [0.2, 0.25) is 0 Å². The van der Waals surface area contributed by atoms with E-state index in [-0.39, 0.29) is 17.3 Å². The van der Waals surface area contributed by atoms with E-state index in [2.05, 4.69) is 13.8 Å². The summed E-state index contributed by atoms with van der Waals surface area (Å²) in [6.45, 7) is 10.1. The highest BCUT2D eigenvalue weighted by atomic mass is 32.2. The van der Waals surface area contributed by atoms with E-state index in [1.165, 1.54) is 0 Å². The number of Topliss-reactive ketones (excluding diaryl/α,β-unsaturated/α-hetero) is 1. The number of ketones is 1. The molecule has 2 nitrogen and oxygen atoms in total. The van der Waals surface area contributed by atoms with E-state index in [4.69, 9.17) is 4.74 Å². The molecule has 0 heterocycles. The van der Waals surface area contributed by atoms with Crippen LogP contribution in [0.3, 0.4) is 0 Å². The van der Waals surface area contributed by atoms with Crippen LogP contribution in [0.25, 0.3) is 0 Å². The molecular formula is C12H24O2S. The highest BCUT2D eigenvalue weighted by Gasteiger charge is 2.27. The Morgan fingerprint density at radius 1 is 1.40 bits per heavy atom. The summed E-state index contributed by atoms with van der Waals surface area (Å²) in [5.74, 6) is 1.34. The quantitative estimate of drug-likeness (QED) is 0.703. The highest BCUT2D eigenvalue weighted by molar-refractivity contribution is 7.99. The van der Waals surface area contributed by atoms with Crippen LogP contribution in [0, 0.1) is 5.41 Å². The fourth-order valence-electron chi connectivity index (χ4n) is 1.30. The van der Waals surface area contributed by atoms with Crippen LogP contribution in [-0.2, 0) is 9.53 Å². The molecule has 0 unspecified atom stereocenters. The number of rotatable bonds is 6. The molecule has 0 fully saturated rings. The van der Waals surface area contributed by atoms with Gasteiger partial charge in [0.1, 0.15) is 5.78 Å². The topological polar surface area (TPSA) is 26.3 Å². The zero-order valence-corrected chi connectivity index (χ0v) is 11.6. The minimum atomic E-state index is -0.257. The first-order valence-corrected chi connectivity index (χ1v) is 6.55. The van der Waals surface area contributed by atoms with Crippen molar-refractivity contribution in [2.45, 2.75) is 52.4 Å². The minimum absolute atomic E-state index is 0.0432. The first-order valence-electron chi connectivity index (χ1n) is 5.50. The van der Waals surface area contributed by atoms with E-state index in [0.717, 1.165) is 5.75 Å². The summed E-state index contributed by atoms with van der Waals surface area (Å²) in [5, 5.41) is 0.381. The molecule has 0 saturated heterocycles. The van der Waals surface area contributed by atoms with Crippen molar-refractivity contribution in [1.29, 1.82) is 0 Å². The summed E-state index contributed by atoms with van der Waals surface area (Å²) in [7, 11) is 1.69. The number of methoxy groups -OCH3 is 1. The van der Waals surface area contributed by atoms with Crippen molar-refractivity contribution in [1.82, 2.24) is 0 Å². The molecule has 15 heavy (non-hydrogen) atoms. The third-order valence-electron chi connectivity index (χ3n) is 2.48. The SMILES string of the molecule is CCS[C@H](C)[C@H](CC(=O)C(C)(C)C)OC. The molecule has 0 N–H and O–H groups in total. The molecule has 0 radical (unpaired) electrons. The van der Waals surface area contributed by atoms with Crippen LogP contribution in [0.2, 0.25) is 0 Å². The first-order chi connectivity index (χ1) is 6.82. The highest BCUT2D eigenvalue weighted by Crippen LogP contribution is 2.23. The standard InChI is InChI=1S/C12H24O2S/c1-7-15-9(2)10(14-6)8-11(13)12(3,4)5/h9-10H,7-8H2,1-6H3/t9-,10+/m1/s1. The van der Waals surface area contributed by atoms with Crippen LogP contribution >= 0.6 is 11.8 Å². The summed E-state index contributed by atoms with van der Waals surface area (Å²) >= 11 is 1.84. The van der Waals surface area contributed by atoms with Gasteiger partial charge in [-0.15, -0.1) is 0 Å². The third kappa shape index (κ3) is 5.57. The molecule has 0 aromatic rings. The van der Waals surface area contributed by atoms with Crippen molar-refractivity contribution in [2.75, 3.05) is 12.9 Å². The summed E-state index contributed by atoms with van der Waals surface area (Å²) in [4.78, 5) is 11.9. The molecule has 0 saturated carbocycles. The number of hydrogen-bond donors (Lipinski definition) is 0. The van der Waals surface area contributed by atoms with E-state index in [1.54, 1.807) is 7.11 Å². The van der Waals surface area contributed by atoms with E-state index in [1.807, 2.05) is 32.5 Å². The van der Waals surface area contributed by atoms with Crippen molar-refractivity contribution in [3.05, 3.63) is 0 Å². The van der Waals surface area contributed by atoms with Crippen LogP contribution in [-0.4, -0.2) is 30.0 Å². The van der Waals surface area contributed by atoms with Gasteiger partial charge in [0.15, 0.2) is 0 Å². The Kier molecular flexibility index (Phi) is 6.53. The van der Waals surface area contributed by atoms with Gasteiger partial charge in [0.05, 0.1) is 6.10 Å². The van der Waals surface area contributed by atoms with E-state index in [0.29, 0.717) is 11.7 Å². The van der Waals surface area contributed by atoms with Gasteiger partial charge >= 0.3 is 0 Å². The predicted octanol–water partition coefficient (Wildman–Crippen LogP) is 3.15. The summed E-state index contributed by atoms with van der Waals surface area (Å²) in [6, 6.07) is 0. The molecule has 0 aromatic heterocycles. The van der Waals surface area contributed by atoms with Crippen molar-refractivity contribution < 1.29 is 9.53 Å². The Hall–Kier alpha value is -0.0200. The van der Waals surface area contributed by atoms with Crippen molar-refractivity contribution in [3.8, 4) is 0 Å². The van der Waals surface area contributed by atoms with Crippen LogP contribution in [0.15, 0.2) is 0 Å². The molecular weight excluding hydrogens is 208 g/mol. The zero-order chi connectivity index (χ0) is 12.1. The molecule has 3 heteroatoms. The van der Waals surface area contributed by atoms with Crippen molar-refractivity contribution in [2.24, 2.45) is 5.41 Å². The smallest absolute Gasteiger partial charge is 0.140 e. The second kappa shape index (κ2) is 6.54. The number of carbonyl (C=O) groups excluding carboxylic acids is 1. The average molecular weight is 232 g/mol. The lowest BCUT2D eigenvalue weighted by molar-refractivity contribution is -0.128. The van der Waals surface area contributed by atoms with Crippen molar-refractivity contribution in [3.63, 3.8) is 0 Å². The van der Waals surface area contributed by atoms with Gasteiger partial charge < -0.3 is 4.74 Å². The maximum absolute atomic E-state index is 11.9. The molecule has 0 bridgehead atoms. The van der Waals surface area contributed by atoms with Gasteiger partial charge in [-0.1, -0.05) is 34.6 Å². The van der Waals surface area contributed by atoms with Gasteiger partial charge in [-0.25, -0.2) is 0 Å². The van der Waals surface area contributed by atoms with Gasteiger partial charge in [0, 0.05) is 24.2 Å². The largest absolute Gasteiger partial charge is 0.380 e. The summed E-state index contributed by atoms with van der Waals surface area (Å²) in [6.07, 6.45) is 0.565. The molecule has 0 aliphatic rings. The van der Waals surface area contributed by atoms with Gasteiger partial charge in [-0.3, -0.25) is 4.79 Å². The van der Waals surface area contributed by atoms with Crippen LogP contribution < -0.4 is 0 Å². The Bertz CT molecular complexity index is 196.